The van der Waals surface area contributed by atoms with E-state index in [1.54, 1.807) is 12.1 Å². The molecule has 1 aromatic carbocycles. The highest BCUT2D eigenvalue weighted by Gasteiger charge is 2.33. The van der Waals surface area contributed by atoms with Gasteiger partial charge in [0.2, 0.25) is 10.0 Å². The van der Waals surface area contributed by atoms with Crippen LogP contribution in [0.2, 0.25) is 0 Å². The Bertz CT molecular complexity index is 586. The molecule has 0 amide bonds. The highest BCUT2D eigenvalue weighted by atomic mass is 32.2. The molecule has 2 aliphatic rings. The standard InChI is InChI=1S/C13H18N2O3S/c16-11-5-7-15(9-11)19(17,18)13-3-1-2-10-8-14-6-4-12(10)13/h1-3,11,14,16H,4-9H2. The number of nitrogens with one attached hydrogen (secondary N) is 1. The minimum absolute atomic E-state index is 0.213. The van der Waals surface area contributed by atoms with Gasteiger partial charge in [0.1, 0.15) is 0 Å². The van der Waals surface area contributed by atoms with Gasteiger partial charge in [0.25, 0.3) is 0 Å². The van der Waals surface area contributed by atoms with Crippen LogP contribution in [0, 0.1) is 0 Å². The maximum absolute atomic E-state index is 12.6. The molecule has 0 aliphatic carbocycles. The van der Waals surface area contributed by atoms with E-state index in [4.69, 9.17) is 0 Å². The molecule has 0 spiro atoms. The summed E-state index contributed by atoms with van der Waals surface area (Å²) in [6.45, 7) is 2.15. The number of aliphatic hydroxyl groups excluding tert-OH is 1. The lowest BCUT2D eigenvalue weighted by molar-refractivity contribution is 0.189. The molecule has 2 N–H and O–H groups in total. The zero-order valence-electron chi connectivity index (χ0n) is 10.7. The number of sulfonamides is 1. The highest BCUT2D eigenvalue weighted by Crippen LogP contribution is 2.27. The minimum Gasteiger partial charge on any atom is -0.392 e. The Kier molecular flexibility index (Phi) is 3.34. The molecule has 0 radical (unpaired) electrons. The molecule has 104 valence electrons. The van der Waals surface area contributed by atoms with Gasteiger partial charge in [-0.1, -0.05) is 12.1 Å². The molecule has 1 unspecified atom stereocenters. The largest absolute Gasteiger partial charge is 0.392 e. The summed E-state index contributed by atoms with van der Waals surface area (Å²) in [6.07, 6.45) is 0.729. The molecule has 1 fully saturated rings. The predicted molar refractivity (Wildman–Crippen MR) is 71.2 cm³/mol. The summed E-state index contributed by atoms with van der Waals surface area (Å²) in [6, 6.07) is 5.45. The Morgan fingerprint density at radius 1 is 1.37 bits per heavy atom. The molecular formula is C13H18N2O3S. The fourth-order valence-corrected chi connectivity index (χ4v) is 4.59. The average molecular weight is 282 g/mol. The lowest BCUT2D eigenvalue weighted by Gasteiger charge is -2.23. The summed E-state index contributed by atoms with van der Waals surface area (Å²) in [5.41, 5.74) is 2.00. The number of nitrogens with zero attached hydrogens (tertiary/aromatic N) is 1. The van der Waals surface area contributed by atoms with E-state index in [9.17, 15) is 13.5 Å². The Balaban J connectivity index is 2.02. The van der Waals surface area contributed by atoms with Gasteiger partial charge in [0.15, 0.2) is 0 Å². The van der Waals surface area contributed by atoms with Crippen molar-refractivity contribution in [2.45, 2.75) is 30.4 Å². The third kappa shape index (κ3) is 2.29. The van der Waals surface area contributed by atoms with Gasteiger partial charge in [-0.25, -0.2) is 8.42 Å². The smallest absolute Gasteiger partial charge is 0.243 e. The van der Waals surface area contributed by atoms with Crippen LogP contribution < -0.4 is 5.32 Å². The lowest BCUT2D eigenvalue weighted by Crippen LogP contribution is -2.32. The van der Waals surface area contributed by atoms with Crippen molar-refractivity contribution in [3.8, 4) is 0 Å². The molecule has 2 heterocycles. The topological polar surface area (TPSA) is 69.6 Å². The van der Waals surface area contributed by atoms with Crippen molar-refractivity contribution in [2.24, 2.45) is 0 Å². The van der Waals surface area contributed by atoms with E-state index in [2.05, 4.69) is 5.32 Å². The van der Waals surface area contributed by atoms with Gasteiger partial charge < -0.3 is 10.4 Å². The third-order valence-corrected chi connectivity index (χ3v) is 5.79. The first-order valence-corrected chi connectivity index (χ1v) is 8.03. The molecular weight excluding hydrogens is 264 g/mol. The lowest BCUT2D eigenvalue weighted by atomic mass is 10.0. The van der Waals surface area contributed by atoms with Crippen molar-refractivity contribution in [1.29, 1.82) is 0 Å². The second kappa shape index (κ2) is 4.86. The number of hydrogen-bond acceptors (Lipinski definition) is 4. The van der Waals surface area contributed by atoms with Crippen molar-refractivity contribution in [2.75, 3.05) is 19.6 Å². The quantitative estimate of drug-likeness (QED) is 0.806. The Labute approximate surface area is 113 Å². The number of rotatable bonds is 2. The van der Waals surface area contributed by atoms with E-state index in [0.717, 1.165) is 30.6 Å². The number of fused-ring (bicyclic) bond motifs is 1. The van der Waals surface area contributed by atoms with Crippen molar-refractivity contribution < 1.29 is 13.5 Å². The molecule has 5 nitrogen and oxygen atoms in total. The van der Waals surface area contributed by atoms with E-state index in [1.807, 2.05) is 6.07 Å². The summed E-state index contributed by atoms with van der Waals surface area (Å²) in [4.78, 5) is 0.417. The van der Waals surface area contributed by atoms with E-state index >= 15 is 0 Å². The van der Waals surface area contributed by atoms with Crippen LogP contribution in [-0.2, 0) is 23.0 Å². The second-order valence-electron chi connectivity index (χ2n) is 5.13. The average Bonchev–Trinajstić information content (AvgIpc) is 2.85. The van der Waals surface area contributed by atoms with Gasteiger partial charge in [-0.15, -0.1) is 0 Å². The molecule has 1 aromatic rings. The molecule has 0 aromatic heterocycles. The van der Waals surface area contributed by atoms with Crippen molar-refractivity contribution >= 4 is 10.0 Å². The normalized spacial score (nSPS) is 24.4. The van der Waals surface area contributed by atoms with Gasteiger partial charge in [-0.05, 0) is 36.6 Å². The number of benzene rings is 1. The summed E-state index contributed by atoms with van der Waals surface area (Å²) >= 11 is 0. The Hall–Kier alpha value is -0.950. The number of hydrogen-bond donors (Lipinski definition) is 2. The minimum atomic E-state index is -3.47. The summed E-state index contributed by atoms with van der Waals surface area (Å²) in [5.74, 6) is 0. The van der Waals surface area contributed by atoms with Crippen LogP contribution in [0.4, 0.5) is 0 Å². The Morgan fingerprint density at radius 2 is 2.21 bits per heavy atom. The molecule has 1 atom stereocenters. The zero-order valence-corrected chi connectivity index (χ0v) is 11.5. The van der Waals surface area contributed by atoms with Crippen molar-refractivity contribution in [3.05, 3.63) is 29.3 Å². The number of β-amino-alcohol motifs (C(OH)–C–C–N with tert-alkyl or cyclic N) is 1. The van der Waals surface area contributed by atoms with Gasteiger partial charge in [-0.2, -0.15) is 4.31 Å². The maximum Gasteiger partial charge on any atom is 0.243 e. The molecule has 3 rings (SSSR count). The molecule has 1 saturated heterocycles. The summed E-state index contributed by atoms with van der Waals surface area (Å²) in [5, 5.41) is 12.8. The molecule has 0 bridgehead atoms. The van der Waals surface area contributed by atoms with E-state index in [1.165, 1.54) is 4.31 Å². The maximum atomic E-state index is 12.6. The van der Waals surface area contributed by atoms with Crippen molar-refractivity contribution in [1.82, 2.24) is 9.62 Å². The predicted octanol–water partition coefficient (Wildman–Crippen LogP) is 0.0876. The SMILES string of the molecule is O=S(=O)(c1cccc2c1CCNC2)N1CCC(O)C1. The fourth-order valence-electron chi connectivity index (χ4n) is 2.81. The van der Waals surface area contributed by atoms with E-state index < -0.39 is 16.1 Å². The fraction of sp³-hybridized carbons (Fsp3) is 0.538. The second-order valence-corrected chi connectivity index (χ2v) is 7.03. The van der Waals surface area contributed by atoms with Gasteiger partial charge in [-0.3, -0.25) is 0 Å². The van der Waals surface area contributed by atoms with Crippen LogP contribution in [0.15, 0.2) is 23.1 Å². The molecule has 19 heavy (non-hydrogen) atoms. The van der Waals surface area contributed by atoms with E-state index in [-0.39, 0.29) is 6.54 Å². The first-order chi connectivity index (χ1) is 9.09. The molecule has 2 aliphatic heterocycles. The first-order valence-electron chi connectivity index (χ1n) is 6.59. The van der Waals surface area contributed by atoms with Gasteiger partial charge in [0.05, 0.1) is 11.0 Å². The zero-order chi connectivity index (χ0) is 13.5. The van der Waals surface area contributed by atoms with Crippen LogP contribution in [0.3, 0.4) is 0 Å². The monoisotopic (exact) mass is 282 g/mol. The molecule has 6 heteroatoms. The van der Waals surface area contributed by atoms with E-state index in [0.29, 0.717) is 17.9 Å². The molecule has 0 saturated carbocycles. The third-order valence-electron chi connectivity index (χ3n) is 3.84. The van der Waals surface area contributed by atoms with Crippen LogP contribution >= 0.6 is 0 Å². The summed E-state index contributed by atoms with van der Waals surface area (Å²) in [7, 11) is -3.47. The highest BCUT2D eigenvalue weighted by molar-refractivity contribution is 7.89. The first kappa shape index (κ1) is 13.1. The van der Waals surface area contributed by atoms with Crippen LogP contribution in [0.1, 0.15) is 17.5 Å². The van der Waals surface area contributed by atoms with Crippen LogP contribution in [0.5, 0.6) is 0 Å². The van der Waals surface area contributed by atoms with Crippen LogP contribution in [-0.4, -0.2) is 43.6 Å². The van der Waals surface area contributed by atoms with Gasteiger partial charge in [0, 0.05) is 19.6 Å². The van der Waals surface area contributed by atoms with Crippen LogP contribution in [0.25, 0.3) is 0 Å². The van der Waals surface area contributed by atoms with Crippen molar-refractivity contribution in [3.63, 3.8) is 0 Å². The van der Waals surface area contributed by atoms with Gasteiger partial charge >= 0.3 is 0 Å². The Morgan fingerprint density at radius 3 is 2.95 bits per heavy atom. The summed E-state index contributed by atoms with van der Waals surface area (Å²) < 4.78 is 26.7. The number of aliphatic hydroxyl groups is 1.